The van der Waals surface area contributed by atoms with Crippen molar-refractivity contribution in [1.29, 1.82) is 10.8 Å². The molecule has 1 aromatic heterocycles. The number of thiophene rings is 1. The van der Waals surface area contributed by atoms with E-state index in [1.807, 2.05) is 46.8 Å². The minimum absolute atomic E-state index is 0.0563. The topological polar surface area (TPSA) is 214 Å². The summed E-state index contributed by atoms with van der Waals surface area (Å²) in [6.45, 7) is 14.1. The minimum atomic E-state index is -0.883. The van der Waals surface area contributed by atoms with Gasteiger partial charge in [0.15, 0.2) is 6.29 Å². The third-order valence-electron chi connectivity index (χ3n) is 9.20. The second-order valence-electron chi connectivity index (χ2n) is 15.2. The molecule has 3 atom stereocenters. The number of carbonyl (C=O) groups excluding carboxylic acids is 2. The Balaban J connectivity index is 1.10. The fourth-order valence-electron chi connectivity index (χ4n) is 6.16. The van der Waals surface area contributed by atoms with Crippen LogP contribution in [0.3, 0.4) is 0 Å². The van der Waals surface area contributed by atoms with Crippen LogP contribution < -0.4 is 26.0 Å². The summed E-state index contributed by atoms with van der Waals surface area (Å²) in [6, 6.07) is 12.8. The molecule has 328 valence electrons. The van der Waals surface area contributed by atoms with Gasteiger partial charge in [-0.15, -0.1) is 11.3 Å². The molecule has 0 aliphatic carbocycles. The molecule has 4 rings (SSSR count). The first-order valence-electron chi connectivity index (χ1n) is 20.1. The Kier molecular flexibility index (Phi) is 19.1. The van der Waals surface area contributed by atoms with Gasteiger partial charge in [0.1, 0.15) is 35.1 Å². The standard InChI is InChI=1S/C43H60ClN7O8S/c1-27-28(2)60-42-38(27)39(30-10-12-31(44)13-11-30)50-35(40(47)51(42)29(3)45)26-36(52)49-32-14-16-33(17-15-32)58-25-24-57-23-22-56-21-20-55-19-18-48-41(54)34(46)8-7-9-37(53)59-43(4,5)6/h10-17,34-35,37,45,47,53H,7-9,18-26,46H2,1-6H3,(H,48,54)(H,49,52)/t34-,35+,37?/m1/s1. The van der Waals surface area contributed by atoms with Crippen LogP contribution in [-0.4, -0.2) is 111 Å². The highest BCUT2D eigenvalue weighted by atomic mass is 35.5. The number of nitrogens with two attached hydrogens (primary N) is 1. The van der Waals surface area contributed by atoms with Crippen molar-refractivity contribution in [1.82, 2.24) is 5.32 Å². The number of nitrogens with zero attached hydrogens (tertiary/aromatic N) is 2. The number of carbonyl (C=O) groups is 2. The summed E-state index contributed by atoms with van der Waals surface area (Å²) in [5, 5.41) is 34.6. The molecule has 0 bridgehead atoms. The zero-order chi connectivity index (χ0) is 43.8. The predicted octanol–water partition coefficient (Wildman–Crippen LogP) is 6.22. The molecular weight excluding hydrogens is 810 g/mol. The number of benzene rings is 2. The quantitative estimate of drug-likeness (QED) is 0.0274. The number of ether oxygens (including phenoxy) is 5. The molecule has 0 radical (unpaired) electrons. The largest absolute Gasteiger partial charge is 0.491 e. The number of amidine groups is 2. The van der Waals surface area contributed by atoms with Crippen molar-refractivity contribution in [3.63, 3.8) is 0 Å². The summed E-state index contributed by atoms with van der Waals surface area (Å²) in [6.07, 6.45) is 0.439. The summed E-state index contributed by atoms with van der Waals surface area (Å²) < 4.78 is 27.9. The van der Waals surface area contributed by atoms with Crippen LogP contribution in [0.1, 0.15) is 74.9 Å². The molecule has 0 saturated heterocycles. The maximum Gasteiger partial charge on any atom is 0.236 e. The summed E-state index contributed by atoms with van der Waals surface area (Å²) in [4.78, 5) is 33.2. The summed E-state index contributed by atoms with van der Waals surface area (Å²) in [5.74, 6) is 0.258. The van der Waals surface area contributed by atoms with Gasteiger partial charge in [-0.2, -0.15) is 0 Å². The highest BCUT2D eigenvalue weighted by molar-refractivity contribution is 7.17. The summed E-state index contributed by atoms with van der Waals surface area (Å²) in [7, 11) is 0. The Morgan fingerprint density at radius 1 is 0.967 bits per heavy atom. The Morgan fingerprint density at radius 2 is 1.58 bits per heavy atom. The van der Waals surface area contributed by atoms with Crippen LogP contribution in [0.4, 0.5) is 10.7 Å². The van der Waals surface area contributed by atoms with Crippen molar-refractivity contribution in [3.05, 3.63) is 75.1 Å². The number of aliphatic hydroxyl groups is 1. The lowest BCUT2D eigenvalue weighted by atomic mass is 9.99. The van der Waals surface area contributed by atoms with E-state index in [0.29, 0.717) is 94.2 Å². The average molecular weight is 871 g/mol. The highest BCUT2D eigenvalue weighted by Crippen LogP contribution is 2.40. The Hall–Kier alpha value is -4.26. The van der Waals surface area contributed by atoms with Crippen molar-refractivity contribution in [2.45, 2.75) is 91.2 Å². The van der Waals surface area contributed by atoms with Crippen LogP contribution in [0.2, 0.25) is 5.02 Å². The predicted molar refractivity (Wildman–Crippen MR) is 238 cm³/mol. The molecule has 7 N–H and O–H groups in total. The van der Waals surface area contributed by atoms with Gasteiger partial charge in [-0.05, 0) is 103 Å². The molecule has 2 heterocycles. The molecule has 0 saturated carbocycles. The van der Waals surface area contributed by atoms with Gasteiger partial charge in [0.2, 0.25) is 11.8 Å². The summed E-state index contributed by atoms with van der Waals surface area (Å²) >= 11 is 7.70. The van der Waals surface area contributed by atoms with E-state index in [1.54, 1.807) is 48.2 Å². The second kappa shape index (κ2) is 23.7. The van der Waals surface area contributed by atoms with Crippen LogP contribution >= 0.6 is 22.9 Å². The highest BCUT2D eigenvalue weighted by Gasteiger charge is 2.35. The van der Waals surface area contributed by atoms with Crippen LogP contribution in [0, 0.1) is 24.7 Å². The number of anilines is 2. The van der Waals surface area contributed by atoms with E-state index in [4.69, 9.17) is 56.8 Å². The van der Waals surface area contributed by atoms with Gasteiger partial charge >= 0.3 is 0 Å². The first-order valence-corrected chi connectivity index (χ1v) is 21.3. The number of fused-ring (bicyclic) bond motifs is 1. The number of amides is 2. The van der Waals surface area contributed by atoms with Gasteiger partial charge in [0.25, 0.3) is 0 Å². The second-order valence-corrected chi connectivity index (χ2v) is 16.9. The Morgan fingerprint density at radius 3 is 2.20 bits per heavy atom. The molecule has 0 spiro atoms. The number of aliphatic imine (C=N–C) groups is 1. The van der Waals surface area contributed by atoms with Gasteiger partial charge in [-0.25, -0.2) is 0 Å². The van der Waals surface area contributed by atoms with Gasteiger partial charge in [-0.3, -0.25) is 30.3 Å². The Labute approximate surface area is 361 Å². The van der Waals surface area contributed by atoms with Crippen LogP contribution in [0.5, 0.6) is 5.75 Å². The van der Waals surface area contributed by atoms with Crippen LogP contribution in [0.25, 0.3) is 0 Å². The maximum absolute atomic E-state index is 13.4. The molecular formula is C43H60ClN7O8S. The van der Waals surface area contributed by atoms with Gasteiger partial charge in [0, 0.05) is 33.3 Å². The monoisotopic (exact) mass is 869 g/mol. The normalized spacial score (nSPS) is 15.2. The molecule has 3 aromatic rings. The third-order valence-corrected chi connectivity index (χ3v) is 10.6. The van der Waals surface area contributed by atoms with Crippen LogP contribution in [-0.2, 0) is 28.5 Å². The van der Waals surface area contributed by atoms with Gasteiger partial charge < -0.3 is 45.2 Å². The zero-order valence-electron chi connectivity index (χ0n) is 35.4. The lowest BCUT2D eigenvalue weighted by Crippen LogP contribution is -2.42. The fourth-order valence-corrected chi connectivity index (χ4v) is 7.51. The van der Waals surface area contributed by atoms with Crippen molar-refractivity contribution >= 4 is 62.8 Å². The van der Waals surface area contributed by atoms with Crippen molar-refractivity contribution in [3.8, 4) is 5.75 Å². The molecule has 1 unspecified atom stereocenters. The minimum Gasteiger partial charge on any atom is -0.491 e. The van der Waals surface area contributed by atoms with E-state index in [9.17, 15) is 14.7 Å². The fraction of sp³-hybridized carbons (Fsp3) is 0.512. The number of aliphatic hydroxyl groups excluding tert-OH is 1. The lowest BCUT2D eigenvalue weighted by Gasteiger charge is -2.24. The number of halogens is 1. The number of hydrogen-bond acceptors (Lipinski definition) is 13. The number of rotatable bonds is 23. The van der Waals surface area contributed by atoms with Crippen molar-refractivity contribution in [2.24, 2.45) is 10.7 Å². The van der Waals surface area contributed by atoms with E-state index in [2.05, 4.69) is 10.6 Å². The smallest absolute Gasteiger partial charge is 0.236 e. The van der Waals surface area contributed by atoms with Crippen LogP contribution in [0.15, 0.2) is 53.5 Å². The van der Waals surface area contributed by atoms with E-state index >= 15 is 0 Å². The van der Waals surface area contributed by atoms with E-state index in [-0.39, 0.29) is 29.9 Å². The van der Waals surface area contributed by atoms with E-state index in [1.165, 1.54) is 11.3 Å². The first kappa shape index (κ1) is 48.4. The van der Waals surface area contributed by atoms with Gasteiger partial charge in [0.05, 0.1) is 63.4 Å². The van der Waals surface area contributed by atoms with Crippen molar-refractivity contribution in [2.75, 3.05) is 63.0 Å². The molecule has 1 aliphatic rings. The third kappa shape index (κ3) is 15.3. The SMILES string of the molecule is CC(=N)N1C(=N)[C@H](CC(=O)Nc2ccc(OCCOCCOCCOCCNC(=O)[C@H](N)CCCC(O)OC(C)(C)C)cc2)N=C(c2ccc(Cl)cc2)c2c1sc(C)c2C. The maximum atomic E-state index is 13.4. The molecule has 15 nitrogen and oxygen atoms in total. The lowest BCUT2D eigenvalue weighted by molar-refractivity contribution is -0.168. The molecule has 1 aliphatic heterocycles. The first-order chi connectivity index (χ1) is 28.5. The van der Waals surface area contributed by atoms with E-state index < -0.39 is 24.0 Å². The molecule has 2 aromatic carbocycles. The average Bonchev–Trinajstić information content (AvgIpc) is 3.40. The number of nitrogens with one attached hydrogen (secondary N) is 4. The molecule has 17 heteroatoms. The Bertz CT molecular complexity index is 1920. The van der Waals surface area contributed by atoms with E-state index in [0.717, 1.165) is 26.6 Å². The number of hydrogen-bond donors (Lipinski definition) is 6. The molecule has 0 fully saturated rings. The zero-order valence-corrected chi connectivity index (χ0v) is 37.0. The van der Waals surface area contributed by atoms with Gasteiger partial charge in [-0.1, -0.05) is 23.7 Å². The number of aryl methyl sites for hydroxylation is 1. The molecule has 2 amide bonds. The molecule has 60 heavy (non-hydrogen) atoms. The van der Waals surface area contributed by atoms with Crippen molar-refractivity contribution < 1.29 is 38.4 Å². The summed E-state index contributed by atoms with van der Waals surface area (Å²) in [5.41, 5.74) is 9.41.